The zero-order chi connectivity index (χ0) is 15.5. The Labute approximate surface area is 137 Å². The third kappa shape index (κ3) is 3.15. The van der Waals surface area contributed by atoms with Crippen molar-refractivity contribution in [2.45, 2.75) is 19.4 Å². The summed E-state index contributed by atoms with van der Waals surface area (Å²) in [7, 11) is 0. The average Bonchev–Trinajstić information content (AvgIpc) is 2.53. The van der Waals surface area contributed by atoms with E-state index in [9.17, 15) is 4.79 Å². The highest BCUT2D eigenvalue weighted by Gasteiger charge is 2.28. The van der Waals surface area contributed by atoms with E-state index in [0.717, 1.165) is 17.5 Å². The number of ether oxygens (including phenoxy) is 1. The van der Waals surface area contributed by atoms with Crippen LogP contribution in [-0.2, 0) is 17.8 Å². The summed E-state index contributed by atoms with van der Waals surface area (Å²) in [5.41, 5.74) is 1.65. The van der Waals surface area contributed by atoms with Gasteiger partial charge in [-0.1, -0.05) is 41.9 Å². The van der Waals surface area contributed by atoms with Crippen LogP contribution in [0.2, 0.25) is 10.4 Å². The van der Waals surface area contributed by atoms with Crippen molar-refractivity contribution in [3.63, 3.8) is 0 Å². The van der Waals surface area contributed by atoms with E-state index < -0.39 is 6.09 Å². The molecule has 3 rings (SSSR count). The third-order valence-corrected chi connectivity index (χ3v) is 3.88. The molecule has 1 aliphatic heterocycles. The van der Waals surface area contributed by atoms with Crippen LogP contribution in [0.3, 0.4) is 0 Å². The molecule has 22 heavy (non-hydrogen) atoms. The molecule has 0 bridgehead atoms. The van der Waals surface area contributed by atoms with Gasteiger partial charge in [0, 0.05) is 12.1 Å². The maximum Gasteiger partial charge on any atom is 0.415 e. The van der Waals surface area contributed by atoms with Gasteiger partial charge < -0.3 is 4.74 Å². The van der Waals surface area contributed by atoms with Gasteiger partial charge >= 0.3 is 6.09 Å². The smallest absolute Gasteiger partial charge is 0.415 e. The molecule has 2 aromatic rings. The molecule has 5 nitrogen and oxygen atoms in total. The summed E-state index contributed by atoms with van der Waals surface area (Å²) in [6.45, 7) is 0.725. The molecule has 0 N–H and O–H groups in total. The van der Waals surface area contributed by atoms with E-state index in [1.165, 1.54) is 4.90 Å². The van der Waals surface area contributed by atoms with Crippen molar-refractivity contribution in [3.8, 4) is 0 Å². The van der Waals surface area contributed by atoms with Crippen LogP contribution in [0, 0.1) is 0 Å². The van der Waals surface area contributed by atoms with E-state index >= 15 is 0 Å². The van der Waals surface area contributed by atoms with Gasteiger partial charge in [0.05, 0.1) is 0 Å². The van der Waals surface area contributed by atoms with E-state index in [1.807, 2.05) is 30.3 Å². The Morgan fingerprint density at radius 2 is 2.00 bits per heavy atom. The highest BCUT2D eigenvalue weighted by atomic mass is 35.5. The van der Waals surface area contributed by atoms with Crippen LogP contribution in [0.5, 0.6) is 0 Å². The van der Waals surface area contributed by atoms with Crippen LogP contribution in [0.4, 0.5) is 10.6 Å². The molecule has 0 saturated heterocycles. The van der Waals surface area contributed by atoms with E-state index in [1.54, 1.807) is 0 Å². The number of benzene rings is 1. The topological polar surface area (TPSA) is 55.3 Å². The van der Waals surface area contributed by atoms with Crippen LogP contribution in [-0.4, -0.2) is 22.6 Å². The third-order valence-electron chi connectivity index (χ3n) is 3.40. The molecular formula is C15H13Cl2N3O2. The maximum atomic E-state index is 12.3. The fraction of sp³-hybridized carbons (Fsp3) is 0.267. The zero-order valence-corrected chi connectivity index (χ0v) is 13.1. The van der Waals surface area contributed by atoms with Crippen molar-refractivity contribution in [2.75, 3.05) is 11.4 Å². The van der Waals surface area contributed by atoms with Gasteiger partial charge in [0.25, 0.3) is 0 Å². The number of rotatable bonds is 2. The lowest BCUT2D eigenvalue weighted by molar-refractivity contribution is 0.146. The first-order chi connectivity index (χ1) is 10.6. The molecule has 1 amide bonds. The lowest BCUT2D eigenvalue weighted by atomic mass is 10.1. The van der Waals surface area contributed by atoms with Crippen molar-refractivity contribution in [3.05, 3.63) is 51.9 Å². The van der Waals surface area contributed by atoms with Crippen LogP contribution in [0.25, 0.3) is 0 Å². The molecular weight excluding hydrogens is 325 g/mol. The Bertz CT molecular complexity index is 695. The first kappa shape index (κ1) is 15.1. The van der Waals surface area contributed by atoms with Crippen LogP contribution in [0.15, 0.2) is 30.3 Å². The average molecular weight is 338 g/mol. The molecule has 0 spiro atoms. The van der Waals surface area contributed by atoms with E-state index in [-0.39, 0.29) is 17.0 Å². The number of carbonyl (C=O) groups is 1. The van der Waals surface area contributed by atoms with Gasteiger partial charge in [-0.2, -0.15) is 4.98 Å². The van der Waals surface area contributed by atoms with E-state index in [0.29, 0.717) is 18.8 Å². The second-order valence-electron chi connectivity index (χ2n) is 4.88. The van der Waals surface area contributed by atoms with E-state index in [2.05, 4.69) is 9.97 Å². The Hall–Kier alpha value is -1.85. The summed E-state index contributed by atoms with van der Waals surface area (Å²) in [6.07, 6.45) is 1.03. The van der Waals surface area contributed by atoms with Crippen LogP contribution >= 0.6 is 23.2 Å². The minimum Gasteiger partial charge on any atom is -0.444 e. The number of amides is 1. The van der Waals surface area contributed by atoms with Gasteiger partial charge in [0.2, 0.25) is 5.28 Å². The first-order valence-electron chi connectivity index (χ1n) is 6.85. The maximum absolute atomic E-state index is 12.3. The molecule has 2 heterocycles. The van der Waals surface area contributed by atoms with Crippen LogP contribution < -0.4 is 4.90 Å². The van der Waals surface area contributed by atoms with Gasteiger partial charge in [-0.3, -0.25) is 4.90 Å². The summed E-state index contributed by atoms with van der Waals surface area (Å²) >= 11 is 11.9. The largest absolute Gasteiger partial charge is 0.444 e. The van der Waals surface area contributed by atoms with Crippen molar-refractivity contribution >= 4 is 35.1 Å². The molecule has 7 heteroatoms. The lowest BCUT2D eigenvalue weighted by Gasteiger charge is -2.27. The number of fused-ring (bicyclic) bond motifs is 1. The Balaban J connectivity index is 1.77. The Kier molecular flexibility index (Phi) is 4.45. The molecule has 114 valence electrons. The standard InChI is InChI=1S/C15H13Cl2N3O2/c16-12-11-7-4-8-20(13(11)19-14(17)18-12)15(21)22-9-10-5-2-1-3-6-10/h1-3,5-6H,4,7-9H2. The van der Waals surface area contributed by atoms with Gasteiger partial charge in [0.15, 0.2) is 0 Å². The molecule has 0 aliphatic carbocycles. The summed E-state index contributed by atoms with van der Waals surface area (Å²) in [5, 5.41) is 0.307. The summed E-state index contributed by atoms with van der Waals surface area (Å²) < 4.78 is 5.34. The SMILES string of the molecule is O=C(OCc1ccccc1)N1CCCc2c(Cl)nc(Cl)nc21. The predicted molar refractivity (Wildman–Crippen MR) is 84.3 cm³/mol. The van der Waals surface area contributed by atoms with Crippen molar-refractivity contribution < 1.29 is 9.53 Å². The number of aromatic nitrogens is 2. The second-order valence-corrected chi connectivity index (χ2v) is 5.58. The molecule has 1 aromatic carbocycles. The number of nitrogens with zero attached hydrogens (tertiary/aromatic N) is 3. The number of halogens is 2. The molecule has 0 unspecified atom stereocenters. The minimum atomic E-state index is -0.462. The number of hydrogen-bond donors (Lipinski definition) is 0. The number of anilines is 1. The highest BCUT2D eigenvalue weighted by Crippen LogP contribution is 2.31. The predicted octanol–water partition coefficient (Wildman–Crippen LogP) is 3.87. The number of carbonyl (C=O) groups excluding carboxylic acids is 1. The fourth-order valence-electron chi connectivity index (χ4n) is 2.35. The number of hydrogen-bond acceptors (Lipinski definition) is 4. The van der Waals surface area contributed by atoms with Gasteiger partial charge in [-0.25, -0.2) is 9.78 Å². The Morgan fingerprint density at radius 1 is 1.23 bits per heavy atom. The fourth-order valence-corrected chi connectivity index (χ4v) is 2.82. The van der Waals surface area contributed by atoms with E-state index in [4.69, 9.17) is 27.9 Å². The normalized spacial score (nSPS) is 13.6. The van der Waals surface area contributed by atoms with Crippen molar-refractivity contribution in [1.82, 2.24) is 9.97 Å². The highest BCUT2D eigenvalue weighted by molar-refractivity contribution is 6.32. The second kappa shape index (κ2) is 6.50. The van der Waals surface area contributed by atoms with Crippen molar-refractivity contribution in [2.24, 2.45) is 0 Å². The summed E-state index contributed by atoms with van der Waals surface area (Å²) in [5.74, 6) is 0.439. The van der Waals surface area contributed by atoms with Gasteiger partial charge in [0.1, 0.15) is 17.6 Å². The quantitative estimate of drug-likeness (QED) is 0.616. The van der Waals surface area contributed by atoms with Gasteiger partial charge in [-0.05, 0) is 30.0 Å². The van der Waals surface area contributed by atoms with Crippen molar-refractivity contribution in [1.29, 1.82) is 0 Å². The molecule has 0 fully saturated rings. The monoisotopic (exact) mass is 337 g/mol. The lowest BCUT2D eigenvalue weighted by Crippen LogP contribution is -2.37. The summed E-state index contributed by atoms with van der Waals surface area (Å²) in [6, 6.07) is 9.49. The van der Waals surface area contributed by atoms with Gasteiger partial charge in [-0.15, -0.1) is 0 Å². The molecule has 0 saturated carbocycles. The molecule has 0 atom stereocenters. The molecule has 0 radical (unpaired) electrons. The zero-order valence-electron chi connectivity index (χ0n) is 11.6. The first-order valence-corrected chi connectivity index (χ1v) is 7.61. The molecule has 1 aliphatic rings. The van der Waals surface area contributed by atoms with Crippen LogP contribution in [0.1, 0.15) is 17.5 Å². The Morgan fingerprint density at radius 3 is 2.77 bits per heavy atom. The minimum absolute atomic E-state index is 0.0199. The summed E-state index contributed by atoms with van der Waals surface area (Å²) in [4.78, 5) is 21.8. The molecule has 1 aromatic heterocycles.